The third-order valence-corrected chi connectivity index (χ3v) is 13.9. The van der Waals surface area contributed by atoms with Crippen LogP contribution in [0.4, 0.5) is 0 Å². The van der Waals surface area contributed by atoms with Crippen molar-refractivity contribution in [1.29, 1.82) is 0 Å². The summed E-state index contributed by atoms with van der Waals surface area (Å²) in [4.78, 5) is 30.5. The first-order valence-corrected chi connectivity index (χ1v) is 29.0. The van der Waals surface area contributed by atoms with Gasteiger partial charge in [0.15, 0.2) is 0 Å². The Morgan fingerprint density at radius 2 is 0.594 bits per heavy atom. The maximum absolute atomic E-state index is 12.8. The van der Waals surface area contributed by atoms with Crippen molar-refractivity contribution in [2.75, 3.05) is 53.5 Å². The van der Waals surface area contributed by atoms with E-state index in [0.717, 1.165) is 58.3 Å². The minimum atomic E-state index is 0.0170. The van der Waals surface area contributed by atoms with E-state index in [1.165, 1.54) is 225 Å². The van der Waals surface area contributed by atoms with Crippen LogP contribution in [0.25, 0.3) is 0 Å². The lowest BCUT2D eigenvalue weighted by molar-refractivity contribution is -0.146. The predicted octanol–water partition coefficient (Wildman–Crippen LogP) is 17.6. The molecule has 0 saturated carbocycles. The van der Waals surface area contributed by atoms with Crippen molar-refractivity contribution in [2.45, 2.75) is 297 Å². The van der Waals surface area contributed by atoms with Gasteiger partial charge in [-0.25, -0.2) is 0 Å². The van der Waals surface area contributed by atoms with E-state index in [-0.39, 0.29) is 11.9 Å². The number of hydrogen-bond donors (Lipinski definition) is 0. The van der Waals surface area contributed by atoms with Gasteiger partial charge in [-0.05, 0) is 90.4 Å². The zero-order valence-corrected chi connectivity index (χ0v) is 44.6. The van der Waals surface area contributed by atoms with E-state index >= 15 is 0 Å². The third kappa shape index (κ3) is 47.4. The van der Waals surface area contributed by atoms with E-state index in [4.69, 9.17) is 9.47 Å². The molecule has 0 aliphatic heterocycles. The van der Waals surface area contributed by atoms with E-state index in [1.807, 2.05) is 0 Å². The molecule has 2 unspecified atom stereocenters. The summed E-state index contributed by atoms with van der Waals surface area (Å²) in [6.07, 6.45) is 52.5. The second kappa shape index (κ2) is 51.3. The van der Waals surface area contributed by atoms with Gasteiger partial charge in [0.25, 0.3) is 0 Å². The van der Waals surface area contributed by atoms with Crippen molar-refractivity contribution in [3.8, 4) is 0 Å². The van der Waals surface area contributed by atoms with Crippen LogP contribution in [0, 0.1) is 11.8 Å². The van der Waals surface area contributed by atoms with Crippen LogP contribution in [0.15, 0.2) is 0 Å². The van der Waals surface area contributed by atoms with Crippen LogP contribution in [-0.4, -0.2) is 75.2 Å². The lowest BCUT2D eigenvalue weighted by Gasteiger charge is -2.24. The molecule has 6 nitrogen and oxygen atoms in total. The summed E-state index contributed by atoms with van der Waals surface area (Å²) in [6, 6.07) is 0. The predicted molar refractivity (Wildman–Crippen MR) is 281 cm³/mol. The molecule has 0 heterocycles. The Kier molecular flexibility index (Phi) is 50.3. The van der Waals surface area contributed by atoms with Crippen LogP contribution < -0.4 is 0 Å². The fraction of sp³-hybridized carbons (Fsp3) is 0.966. The van der Waals surface area contributed by atoms with Gasteiger partial charge in [0.1, 0.15) is 0 Å². The van der Waals surface area contributed by atoms with Crippen LogP contribution in [0.1, 0.15) is 297 Å². The quantitative estimate of drug-likeness (QED) is 0.0448. The first-order valence-electron chi connectivity index (χ1n) is 29.0. The van der Waals surface area contributed by atoms with Gasteiger partial charge < -0.3 is 19.3 Å². The topological polar surface area (TPSA) is 59.1 Å². The van der Waals surface area contributed by atoms with Gasteiger partial charge in [-0.3, -0.25) is 9.59 Å². The third-order valence-electron chi connectivity index (χ3n) is 13.9. The number of esters is 2. The van der Waals surface area contributed by atoms with Crippen LogP contribution in [0.2, 0.25) is 0 Å². The number of likely N-dealkylation sites (N-methyl/N-ethyl adjacent to an activating group) is 1. The lowest BCUT2D eigenvalue weighted by atomic mass is 9.94. The van der Waals surface area contributed by atoms with E-state index in [2.05, 4.69) is 51.6 Å². The number of carbonyl (C=O) groups excluding carboxylic acids is 2. The summed E-state index contributed by atoms with van der Waals surface area (Å²) in [5.74, 6) is 1.12. The molecule has 0 spiro atoms. The van der Waals surface area contributed by atoms with Gasteiger partial charge in [-0.15, -0.1) is 0 Å². The van der Waals surface area contributed by atoms with E-state index in [1.54, 1.807) is 0 Å². The number of ether oxygens (including phenoxy) is 2. The molecule has 382 valence electrons. The van der Waals surface area contributed by atoms with Gasteiger partial charge in [-0.1, -0.05) is 233 Å². The number of unbranched alkanes of at least 4 members (excludes halogenated alkanes) is 30. The maximum atomic E-state index is 12.8. The van der Waals surface area contributed by atoms with Crippen molar-refractivity contribution < 1.29 is 19.1 Å². The van der Waals surface area contributed by atoms with Crippen LogP contribution >= 0.6 is 0 Å². The minimum Gasteiger partial charge on any atom is -0.465 e. The Balaban J connectivity index is 4.42. The van der Waals surface area contributed by atoms with Gasteiger partial charge in [0.05, 0.1) is 13.2 Å². The number of nitrogens with zero attached hydrogens (tertiary/aromatic N) is 2. The van der Waals surface area contributed by atoms with Gasteiger partial charge in [0, 0.05) is 25.9 Å². The number of rotatable bonds is 53. The largest absolute Gasteiger partial charge is 0.465 e. The molecule has 0 aliphatic carbocycles. The molecule has 0 radical (unpaired) electrons. The van der Waals surface area contributed by atoms with Gasteiger partial charge >= 0.3 is 11.9 Å². The Labute approximate surface area is 402 Å². The van der Waals surface area contributed by atoms with Crippen molar-refractivity contribution in [1.82, 2.24) is 9.80 Å². The molecule has 0 aromatic carbocycles. The van der Waals surface area contributed by atoms with Crippen LogP contribution in [-0.2, 0) is 19.1 Å². The standard InChI is InChI=1S/C58H116N2O4/c1-7-11-15-19-23-25-30-37-45-55(43-35-28-21-17-13-9-3)53-63-57(61)47-39-32-27-33-41-49-60(52-51-59(5)6)50-42-34-40-48-58(62)64-54-56(44-36-29-22-18-14-10-4)46-38-31-26-24-20-16-12-8-2/h55-56H,7-54H2,1-6H3. The second-order valence-corrected chi connectivity index (χ2v) is 20.7. The summed E-state index contributed by atoms with van der Waals surface area (Å²) in [7, 11) is 4.32. The van der Waals surface area contributed by atoms with Crippen molar-refractivity contribution in [3.05, 3.63) is 0 Å². The fourth-order valence-corrected chi connectivity index (χ4v) is 9.34. The molecular formula is C58H116N2O4. The Hall–Kier alpha value is -1.14. The second-order valence-electron chi connectivity index (χ2n) is 20.7. The monoisotopic (exact) mass is 905 g/mol. The highest BCUT2D eigenvalue weighted by atomic mass is 16.5. The van der Waals surface area contributed by atoms with Crippen molar-refractivity contribution in [3.63, 3.8) is 0 Å². The molecule has 0 saturated heterocycles. The van der Waals surface area contributed by atoms with Crippen molar-refractivity contribution >= 4 is 11.9 Å². The highest BCUT2D eigenvalue weighted by Crippen LogP contribution is 2.22. The smallest absolute Gasteiger partial charge is 0.305 e. The van der Waals surface area contributed by atoms with E-state index < -0.39 is 0 Å². The zero-order chi connectivity index (χ0) is 46.8. The normalized spacial score (nSPS) is 12.7. The fourth-order valence-electron chi connectivity index (χ4n) is 9.34. The molecular weight excluding hydrogens is 789 g/mol. The lowest BCUT2D eigenvalue weighted by Crippen LogP contribution is -2.33. The molecule has 6 heteroatoms. The summed E-state index contributed by atoms with van der Waals surface area (Å²) in [5.41, 5.74) is 0. The number of carbonyl (C=O) groups is 2. The maximum Gasteiger partial charge on any atom is 0.305 e. The highest BCUT2D eigenvalue weighted by Gasteiger charge is 2.15. The Morgan fingerprint density at radius 1 is 0.328 bits per heavy atom. The SMILES string of the molecule is CCCCCCCCCCC(CCCCCCCC)COC(=O)CCCCCCCN(CCCCCC(=O)OCC(CCCCCCCC)CCCCCCCCCC)CCN(C)C. The first kappa shape index (κ1) is 62.9. The van der Waals surface area contributed by atoms with Crippen molar-refractivity contribution in [2.24, 2.45) is 11.8 Å². The molecule has 0 amide bonds. The molecule has 0 N–H and O–H groups in total. The van der Waals surface area contributed by atoms with E-state index in [9.17, 15) is 9.59 Å². The molecule has 0 aliphatic rings. The molecule has 0 aromatic rings. The molecule has 0 aromatic heterocycles. The average molecular weight is 906 g/mol. The summed E-state index contributed by atoms with van der Waals surface area (Å²) in [5, 5.41) is 0. The minimum absolute atomic E-state index is 0.0170. The van der Waals surface area contributed by atoms with Crippen LogP contribution in [0.3, 0.4) is 0 Å². The molecule has 64 heavy (non-hydrogen) atoms. The Morgan fingerprint density at radius 3 is 0.906 bits per heavy atom. The summed E-state index contributed by atoms with van der Waals surface area (Å²) >= 11 is 0. The average Bonchev–Trinajstić information content (AvgIpc) is 3.29. The van der Waals surface area contributed by atoms with Crippen LogP contribution in [0.5, 0.6) is 0 Å². The molecule has 2 atom stereocenters. The Bertz CT molecular complexity index is 943. The van der Waals surface area contributed by atoms with Gasteiger partial charge in [-0.2, -0.15) is 0 Å². The summed E-state index contributed by atoms with van der Waals surface area (Å²) < 4.78 is 11.8. The zero-order valence-electron chi connectivity index (χ0n) is 44.6. The van der Waals surface area contributed by atoms with E-state index in [0.29, 0.717) is 37.9 Å². The van der Waals surface area contributed by atoms with Gasteiger partial charge in [0.2, 0.25) is 0 Å². The first-order chi connectivity index (χ1) is 31.4. The highest BCUT2D eigenvalue weighted by molar-refractivity contribution is 5.69. The molecule has 0 bridgehead atoms. The summed E-state index contributed by atoms with van der Waals surface area (Å²) in [6.45, 7) is 14.8. The molecule has 0 rings (SSSR count). The molecule has 0 fully saturated rings. The number of hydrogen-bond acceptors (Lipinski definition) is 6.